The van der Waals surface area contributed by atoms with Crippen LogP contribution in [0.2, 0.25) is 0 Å². The van der Waals surface area contributed by atoms with Crippen molar-refractivity contribution < 1.29 is 19.1 Å². The molecule has 26 heavy (non-hydrogen) atoms. The highest BCUT2D eigenvalue weighted by Crippen LogP contribution is 2.34. The minimum Gasteiger partial charge on any atom is -0.381 e. The number of ether oxygens (including phenoxy) is 2. The fraction of sp³-hybridized carbons (Fsp3) is 0.632. The number of rotatable bonds is 4. The van der Waals surface area contributed by atoms with Crippen molar-refractivity contribution in [2.24, 2.45) is 5.92 Å². The lowest BCUT2D eigenvalue weighted by atomic mass is 9.87. The highest BCUT2D eigenvalue weighted by molar-refractivity contribution is 5.93. The number of nitrogens with zero attached hydrogens (tertiary/aromatic N) is 2. The van der Waals surface area contributed by atoms with Gasteiger partial charge in [-0.05, 0) is 37.8 Å². The summed E-state index contributed by atoms with van der Waals surface area (Å²) in [6.45, 7) is 2.54. The van der Waals surface area contributed by atoms with Crippen molar-refractivity contribution in [2.75, 3.05) is 26.3 Å². The normalized spacial score (nSPS) is 28.8. The van der Waals surface area contributed by atoms with E-state index in [9.17, 15) is 9.59 Å². The predicted molar refractivity (Wildman–Crippen MR) is 93.5 cm³/mol. The first-order chi connectivity index (χ1) is 12.7. The largest absolute Gasteiger partial charge is 0.381 e. The summed E-state index contributed by atoms with van der Waals surface area (Å²) in [5, 5.41) is 2.92. The van der Waals surface area contributed by atoms with Gasteiger partial charge in [-0.3, -0.25) is 14.6 Å². The van der Waals surface area contributed by atoms with Crippen LogP contribution in [0.3, 0.4) is 0 Å². The highest BCUT2D eigenvalue weighted by Gasteiger charge is 2.47. The minimum absolute atomic E-state index is 0.0113. The van der Waals surface area contributed by atoms with Crippen molar-refractivity contribution in [3.8, 4) is 0 Å². The van der Waals surface area contributed by atoms with Gasteiger partial charge in [-0.1, -0.05) is 0 Å². The molecule has 4 rings (SSSR count). The molecule has 4 heterocycles. The Labute approximate surface area is 153 Å². The molecule has 3 atom stereocenters. The van der Waals surface area contributed by atoms with E-state index >= 15 is 0 Å². The van der Waals surface area contributed by atoms with Gasteiger partial charge in [0.15, 0.2) is 0 Å². The molecular weight excluding hydrogens is 334 g/mol. The second-order valence-corrected chi connectivity index (χ2v) is 7.27. The van der Waals surface area contributed by atoms with Crippen molar-refractivity contribution in [1.82, 2.24) is 15.2 Å². The van der Waals surface area contributed by atoms with Gasteiger partial charge in [-0.25, -0.2) is 0 Å². The van der Waals surface area contributed by atoms with Crippen molar-refractivity contribution in [3.63, 3.8) is 0 Å². The average molecular weight is 359 g/mol. The number of aromatic nitrogens is 1. The molecule has 140 valence electrons. The molecule has 2 amide bonds. The molecule has 1 aromatic rings. The van der Waals surface area contributed by atoms with Crippen molar-refractivity contribution >= 4 is 11.8 Å². The van der Waals surface area contributed by atoms with E-state index < -0.39 is 0 Å². The fourth-order valence-corrected chi connectivity index (χ4v) is 4.05. The first kappa shape index (κ1) is 17.4. The third kappa shape index (κ3) is 3.59. The summed E-state index contributed by atoms with van der Waals surface area (Å²) < 4.78 is 11.4. The van der Waals surface area contributed by atoms with Gasteiger partial charge in [0.2, 0.25) is 5.91 Å². The third-order valence-electron chi connectivity index (χ3n) is 5.63. The number of nitrogens with one attached hydrogen (secondary N) is 1. The molecule has 0 aromatic carbocycles. The van der Waals surface area contributed by atoms with E-state index in [2.05, 4.69) is 10.3 Å². The van der Waals surface area contributed by atoms with E-state index in [1.165, 1.54) is 0 Å². The van der Waals surface area contributed by atoms with E-state index in [0.717, 1.165) is 25.7 Å². The van der Waals surface area contributed by atoms with Crippen LogP contribution in [-0.2, 0) is 14.3 Å². The lowest BCUT2D eigenvalue weighted by Crippen LogP contribution is -2.67. The van der Waals surface area contributed by atoms with Gasteiger partial charge in [-0.2, -0.15) is 0 Å². The van der Waals surface area contributed by atoms with E-state index in [0.29, 0.717) is 31.9 Å². The Morgan fingerprint density at radius 1 is 1.23 bits per heavy atom. The van der Waals surface area contributed by atoms with Crippen LogP contribution in [0.5, 0.6) is 0 Å². The number of carbonyl (C=O) groups excluding carboxylic acids is 2. The Hall–Kier alpha value is -1.99. The predicted octanol–water partition coefficient (Wildman–Crippen LogP) is 0.996. The maximum absolute atomic E-state index is 12.6. The van der Waals surface area contributed by atoms with Crippen molar-refractivity contribution in [1.29, 1.82) is 0 Å². The second kappa shape index (κ2) is 7.72. The van der Waals surface area contributed by atoms with Gasteiger partial charge >= 0.3 is 0 Å². The van der Waals surface area contributed by atoms with Crippen molar-refractivity contribution in [3.05, 3.63) is 30.1 Å². The molecule has 3 saturated heterocycles. The maximum atomic E-state index is 12.6. The topological polar surface area (TPSA) is 80.8 Å². The van der Waals surface area contributed by atoms with Crippen LogP contribution in [-0.4, -0.2) is 66.3 Å². The summed E-state index contributed by atoms with van der Waals surface area (Å²) in [7, 11) is 0. The van der Waals surface area contributed by atoms with E-state index in [1.54, 1.807) is 24.5 Å². The van der Waals surface area contributed by atoms with Crippen LogP contribution in [0.25, 0.3) is 0 Å². The standard InChI is InChI=1S/C19H25N3O4/c23-18(14-2-1-7-20-10-14)21-11-15-3-4-16-17(26-15)12-22(16)19(24)13-5-8-25-9-6-13/h1-2,7,10,13,15-17H,3-6,8-9,11-12H2,(H,21,23)/t15-,16+,17+/m0/s1. The van der Waals surface area contributed by atoms with Crippen LogP contribution >= 0.6 is 0 Å². The number of hydrogen-bond acceptors (Lipinski definition) is 5. The van der Waals surface area contributed by atoms with E-state index in [-0.39, 0.29) is 36.0 Å². The zero-order valence-corrected chi connectivity index (χ0v) is 14.8. The summed E-state index contributed by atoms with van der Waals surface area (Å²) in [5.74, 6) is 0.247. The smallest absolute Gasteiger partial charge is 0.252 e. The minimum atomic E-state index is -0.131. The number of carbonyl (C=O) groups is 2. The Balaban J connectivity index is 1.23. The molecule has 0 spiro atoms. The number of fused-ring (bicyclic) bond motifs is 1. The Morgan fingerprint density at radius 2 is 2.08 bits per heavy atom. The Morgan fingerprint density at radius 3 is 2.81 bits per heavy atom. The molecule has 0 saturated carbocycles. The molecule has 0 aliphatic carbocycles. The van der Waals surface area contributed by atoms with Crippen LogP contribution in [0, 0.1) is 5.92 Å². The molecule has 0 bridgehead atoms. The molecule has 0 unspecified atom stereocenters. The summed E-state index contributed by atoms with van der Waals surface area (Å²) in [4.78, 5) is 30.7. The van der Waals surface area contributed by atoms with Gasteiger partial charge in [0.05, 0.1) is 23.8 Å². The SMILES string of the molecule is O=C(NC[C@@H]1CC[C@@H]2[C@@H](CN2C(=O)C2CCOCC2)O1)c1cccnc1. The van der Waals surface area contributed by atoms with Gasteiger partial charge in [0.1, 0.15) is 0 Å². The first-order valence-corrected chi connectivity index (χ1v) is 9.44. The summed E-state index contributed by atoms with van der Waals surface area (Å²) >= 11 is 0. The van der Waals surface area contributed by atoms with Gasteiger partial charge in [0.25, 0.3) is 5.91 Å². The Kier molecular flexibility index (Phi) is 5.17. The monoisotopic (exact) mass is 359 g/mol. The molecule has 3 aliphatic rings. The molecule has 7 nitrogen and oxygen atoms in total. The lowest BCUT2D eigenvalue weighted by molar-refractivity contribution is -0.186. The summed E-state index contributed by atoms with van der Waals surface area (Å²) in [6.07, 6.45) is 6.76. The number of likely N-dealkylation sites (tertiary alicyclic amines) is 1. The van der Waals surface area contributed by atoms with Gasteiger partial charge in [0, 0.05) is 44.6 Å². The quantitative estimate of drug-likeness (QED) is 0.867. The Bertz CT molecular complexity index is 647. The summed E-state index contributed by atoms with van der Waals surface area (Å²) in [5.41, 5.74) is 0.554. The van der Waals surface area contributed by atoms with Crippen LogP contribution in [0.4, 0.5) is 0 Å². The number of hydrogen-bond donors (Lipinski definition) is 1. The first-order valence-electron chi connectivity index (χ1n) is 9.44. The number of amides is 2. The molecule has 3 aliphatic heterocycles. The highest BCUT2D eigenvalue weighted by atomic mass is 16.5. The van der Waals surface area contributed by atoms with E-state index in [1.807, 2.05) is 4.90 Å². The van der Waals surface area contributed by atoms with Crippen molar-refractivity contribution in [2.45, 2.75) is 43.9 Å². The zero-order valence-electron chi connectivity index (χ0n) is 14.8. The molecule has 1 aromatic heterocycles. The number of pyridine rings is 1. The third-order valence-corrected chi connectivity index (χ3v) is 5.63. The molecule has 7 heteroatoms. The van der Waals surface area contributed by atoms with Crippen LogP contribution in [0.1, 0.15) is 36.0 Å². The maximum Gasteiger partial charge on any atom is 0.252 e. The molecule has 0 radical (unpaired) electrons. The van der Waals surface area contributed by atoms with Crippen LogP contribution in [0.15, 0.2) is 24.5 Å². The van der Waals surface area contributed by atoms with Crippen LogP contribution < -0.4 is 5.32 Å². The average Bonchev–Trinajstić information content (AvgIpc) is 2.68. The van der Waals surface area contributed by atoms with Gasteiger partial charge < -0.3 is 19.7 Å². The molecule has 1 N–H and O–H groups in total. The van der Waals surface area contributed by atoms with E-state index in [4.69, 9.17) is 9.47 Å². The zero-order chi connectivity index (χ0) is 17.9. The second-order valence-electron chi connectivity index (χ2n) is 7.27. The molecular formula is C19H25N3O4. The summed E-state index contributed by atoms with van der Waals surface area (Å²) in [6, 6.07) is 3.69. The van der Waals surface area contributed by atoms with Gasteiger partial charge in [-0.15, -0.1) is 0 Å². The molecule has 3 fully saturated rings. The lowest BCUT2D eigenvalue weighted by Gasteiger charge is -2.53. The fourth-order valence-electron chi connectivity index (χ4n) is 4.05.